The second-order valence-corrected chi connectivity index (χ2v) is 5.72. The maximum atomic E-state index is 12.9. The fourth-order valence-electron chi connectivity index (χ4n) is 1.21. The molecule has 0 aliphatic carbocycles. The van der Waals surface area contributed by atoms with Gasteiger partial charge in [-0.1, -0.05) is 5.16 Å². The van der Waals surface area contributed by atoms with E-state index in [0.717, 1.165) is 6.92 Å². The molecular weight excluding hydrogens is 284 g/mol. The fraction of sp³-hybridized carbons (Fsp3) is 0.556. The number of sulfonamides is 1. The Labute approximate surface area is 108 Å². The van der Waals surface area contributed by atoms with E-state index in [2.05, 4.69) is 9.68 Å². The van der Waals surface area contributed by atoms with E-state index in [0.29, 0.717) is 6.92 Å². The third-order valence-electron chi connectivity index (χ3n) is 2.49. The van der Waals surface area contributed by atoms with Crippen LogP contribution in [0.25, 0.3) is 0 Å². The first-order valence-corrected chi connectivity index (χ1v) is 6.61. The van der Waals surface area contributed by atoms with Gasteiger partial charge in [-0.25, -0.2) is 21.9 Å². The first-order chi connectivity index (χ1) is 8.47. The first-order valence-electron chi connectivity index (χ1n) is 5.13. The highest BCUT2D eigenvalue weighted by Crippen LogP contribution is 2.25. The summed E-state index contributed by atoms with van der Waals surface area (Å²) >= 11 is 0. The van der Waals surface area contributed by atoms with Crippen LogP contribution in [0, 0.1) is 12.8 Å². The largest absolute Gasteiger partial charge is 0.380 e. The summed E-state index contributed by atoms with van der Waals surface area (Å²) in [6.07, 6.45) is 0. The van der Waals surface area contributed by atoms with E-state index >= 15 is 0 Å². The highest BCUT2D eigenvalue weighted by Gasteiger charge is 2.38. The smallest absolute Gasteiger partial charge is 0.271 e. The first kappa shape index (κ1) is 15.3. The number of aryl methyl sites for hydroxylation is 1. The number of amides is 1. The van der Waals surface area contributed by atoms with Crippen LogP contribution in [0.2, 0.25) is 0 Å². The van der Waals surface area contributed by atoms with Crippen molar-refractivity contribution in [3.05, 3.63) is 5.76 Å². The normalized spacial score (nSPS) is 14.2. The van der Waals surface area contributed by atoms with Gasteiger partial charge in [0.15, 0.2) is 16.5 Å². The lowest BCUT2D eigenvalue weighted by Gasteiger charge is -2.18. The van der Waals surface area contributed by atoms with Gasteiger partial charge in [0, 0.05) is 6.92 Å². The molecule has 1 heterocycles. The zero-order valence-electron chi connectivity index (χ0n) is 10.4. The van der Waals surface area contributed by atoms with E-state index < -0.39 is 38.5 Å². The summed E-state index contributed by atoms with van der Waals surface area (Å²) in [7, 11) is -4.40. The van der Waals surface area contributed by atoms with Crippen molar-refractivity contribution < 1.29 is 26.5 Å². The number of hydrogen-bond donors (Lipinski definition) is 2. The molecule has 19 heavy (non-hydrogen) atoms. The van der Waals surface area contributed by atoms with Crippen molar-refractivity contribution in [1.29, 1.82) is 0 Å². The second-order valence-electron chi connectivity index (χ2n) is 4.10. The standard InChI is InChI=1S/C9H13F2N3O4S/c1-4(9(3,10)11)8(15)14-19(16,17)6-5(2)18-13-7(6)12/h4H,1-3H3,(H2,12,13)(H,14,15). The minimum absolute atomic E-state index is 0.145. The van der Waals surface area contributed by atoms with Crippen LogP contribution in [0.5, 0.6) is 0 Å². The van der Waals surface area contributed by atoms with Crippen LogP contribution in [-0.2, 0) is 14.8 Å². The Morgan fingerprint density at radius 3 is 2.42 bits per heavy atom. The number of hydrogen-bond acceptors (Lipinski definition) is 6. The van der Waals surface area contributed by atoms with Crippen molar-refractivity contribution in [3.8, 4) is 0 Å². The zero-order valence-corrected chi connectivity index (χ0v) is 11.2. The minimum Gasteiger partial charge on any atom is -0.380 e. The number of nitrogen functional groups attached to an aromatic ring is 1. The number of halogens is 2. The Bertz CT molecular complexity index is 572. The number of anilines is 1. The third kappa shape index (κ3) is 3.19. The molecule has 1 atom stereocenters. The molecule has 108 valence electrons. The molecule has 1 amide bonds. The molecule has 1 unspecified atom stereocenters. The number of rotatable bonds is 4. The van der Waals surface area contributed by atoms with Crippen LogP contribution in [0.1, 0.15) is 19.6 Å². The maximum absolute atomic E-state index is 12.9. The predicted molar refractivity (Wildman–Crippen MR) is 60.8 cm³/mol. The molecule has 0 aliphatic heterocycles. The van der Waals surface area contributed by atoms with Crippen LogP contribution in [-0.4, -0.2) is 25.4 Å². The fourth-order valence-corrected chi connectivity index (χ4v) is 2.48. The summed E-state index contributed by atoms with van der Waals surface area (Å²) in [6.45, 7) is 2.69. The number of aromatic nitrogens is 1. The van der Waals surface area contributed by atoms with E-state index in [1.54, 1.807) is 0 Å². The highest BCUT2D eigenvalue weighted by molar-refractivity contribution is 7.90. The van der Waals surface area contributed by atoms with Crippen LogP contribution in [0.3, 0.4) is 0 Å². The third-order valence-corrected chi connectivity index (χ3v) is 3.99. The second kappa shape index (κ2) is 4.76. The number of nitrogens with two attached hydrogens (primary N) is 1. The molecule has 10 heteroatoms. The average molecular weight is 297 g/mol. The highest BCUT2D eigenvalue weighted by atomic mass is 32.2. The maximum Gasteiger partial charge on any atom is 0.271 e. The molecule has 0 aromatic carbocycles. The Balaban J connectivity index is 3.03. The van der Waals surface area contributed by atoms with Crippen LogP contribution >= 0.6 is 0 Å². The lowest BCUT2D eigenvalue weighted by Crippen LogP contribution is -2.41. The van der Waals surface area contributed by atoms with Gasteiger partial charge in [-0.3, -0.25) is 4.79 Å². The summed E-state index contributed by atoms with van der Waals surface area (Å²) in [4.78, 5) is 10.9. The van der Waals surface area contributed by atoms with Gasteiger partial charge in [-0.05, 0) is 13.8 Å². The van der Waals surface area contributed by atoms with Gasteiger partial charge >= 0.3 is 0 Å². The Kier molecular flexibility index (Phi) is 3.84. The minimum atomic E-state index is -4.40. The molecule has 0 radical (unpaired) electrons. The number of alkyl halides is 2. The van der Waals surface area contributed by atoms with Gasteiger partial charge in [0.05, 0.1) is 5.92 Å². The monoisotopic (exact) mass is 297 g/mol. The van der Waals surface area contributed by atoms with Crippen LogP contribution < -0.4 is 10.5 Å². The lowest BCUT2D eigenvalue weighted by molar-refractivity contribution is -0.134. The molecule has 1 aromatic heterocycles. The summed E-state index contributed by atoms with van der Waals surface area (Å²) in [5.74, 6) is -7.10. The van der Waals surface area contributed by atoms with Crippen molar-refractivity contribution in [2.75, 3.05) is 5.73 Å². The topological polar surface area (TPSA) is 115 Å². The van der Waals surface area contributed by atoms with E-state index in [1.807, 2.05) is 0 Å². The molecule has 0 spiro atoms. The van der Waals surface area contributed by atoms with Crippen molar-refractivity contribution in [2.45, 2.75) is 31.6 Å². The zero-order chi connectivity index (χ0) is 15.0. The van der Waals surface area contributed by atoms with Gasteiger partial charge in [-0.15, -0.1) is 0 Å². The molecule has 7 nitrogen and oxygen atoms in total. The summed E-state index contributed by atoms with van der Waals surface area (Å²) in [5, 5.41) is 3.21. The van der Waals surface area contributed by atoms with E-state index in [9.17, 15) is 22.0 Å². The summed E-state index contributed by atoms with van der Waals surface area (Å²) in [5.41, 5.74) is 5.28. The van der Waals surface area contributed by atoms with E-state index in [1.165, 1.54) is 11.6 Å². The quantitative estimate of drug-likeness (QED) is 0.843. The van der Waals surface area contributed by atoms with Gasteiger partial charge in [0.2, 0.25) is 5.91 Å². The number of nitrogens with one attached hydrogen (secondary N) is 1. The van der Waals surface area contributed by atoms with Gasteiger partial charge in [0.25, 0.3) is 15.9 Å². The number of nitrogens with zero attached hydrogens (tertiary/aromatic N) is 1. The van der Waals surface area contributed by atoms with E-state index in [4.69, 9.17) is 5.73 Å². The Morgan fingerprint density at radius 1 is 1.53 bits per heavy atom. The molecule has 0 fully saturated rings. The van der Waals surface area contributed by atoms with Gasteiger partial charge < -0.3 is 10.3 Å². The predicted octanol–water partition coefficient (Wildman–Crippen LogP) is 0.661. The Hall–Kier alpha value is -1.71. The van der Waals surface area contributed by atoms with Crippen LogP contribution in [0.4, 0.5) is 14.6 Å². The molecule has 0 saturated carbocycles. The Morgan fingerprint density at radius 2 is 2.05 bits per heavy atom. The van der Waals surface area contributed by atoms with Gasteiger partial charge in [0.1, 0.15) is 0 Å². The summed E-state index contributed by atoms with van der Waals surface area (Å²) < 4.78 is 55.6. The number of carbonyl (C=O) groups is 1. The SMILES string of the molecule is Cc1onc(N)c1S(=O)(=O)NC(=O)C(C)C(C)(F)F. The molecule has 0 bridgehead atoms. The average Bonchev–Trinajstić information content (AvgIpc) is 2.55. The molecular formula is C9H13F2N3O4S. The van der Waals surface area contributed by atoms with Crippen LogP contribution in [0.15, 0.2) is 9.42 Å². The molecule has 0 saturated heterocycles. The summed E-state index contributed by atoms with van der Waals surface area (Å²) in [6, 6.07) is 0. The molecule has 1 aromatic rings. The van der Waals surface area contributed by atoms with Crippen molar-refractivity contribution >= 4 is 21.7 Å². The molecule has 3 N–H and O–H groups in total. The number of carbonyl (C=O) groups excluding carboxylic acids is 1. The van der Waals surface area contributed by atoms with Crippen molar-refractivity contribution in [1.82, 2.24) is 9.88 Å². The van der Waals surface area contributed by atoms with E-state index in [-0.39, 0.29) is 5.76 Å². The van der Waals surface area contributed by atoms with Crippen molar-refractivity contribution in [2.24, 2.45) is 5.92 Å². The lowest BCUT2D eigenvalue weighted by atomic mass is 10.1. The van der Waals surface area contributed by atoms with Crippen molar-refractivity contribution in [3.63, 3.8) is 0 Å². The molecule has 1 rings (SSSR count). The molecule has 0 aliphatic rings. The van der Waals surface area contributed by atoms with Gasteiger partial charge in [-0.2, -0.15) is 0 Å².